The van der Waals surface area contributed by atoms with Crippen LogP contribution in [0, 0.1) is 0 Å². The Morgan fingerprint density at radius 2 is 1.29 bits per heavy atom. The second kappa shape index (κ2) is 27.0. The third kappa shape index (κ3) is 21.1. The summed E-state index contributed by atoms with van der Waals surface area (Å²) in [5.41, 5.74) is 5.22. The standard InChI is InChI=1S/C24H29Br2NO2.C10H13NO.C2H6.CH2O/c1-17(15-19(3)20(4)25)16-23(26)12-11-18(2)24(29)27(21(5)28)14-13-22-9-7-6-8-10-22;1-11(9-12)8-7-10-5-3-2-4-6-10;2*1-2/h6-10,12,16H,2,11,13-15H2,1,3-5H3;2-6,9H,7-8H2,1H3;1-2H3;1H2/b17-16-,20-19+,23-12+;;;. The Morgan fingerprint density at radius 1 is 0.822 bits per heavy atom. The van der Waals surface area contributed by atoms with Crippen LogP contribution in [-0.4, -0.2) is 55.0 Å². The van der Waals surface area contributed by atoms with E-state index in [2.05, 4.69) is 64.4 Å². The Labute approximate surface area is 288 Å². The summed E-state index contributed by atoms with van der Waals surface area (Å²) >= 11 is 7.03. The molecular formula is C37H50Br2N2O4. The monoisotopic (exact) mass is 744 g/mol. The maximum absolute atomic E-state index is 12.7. The summed E-state index contributed by atoms with van der Waals surface area (Å²) in [6.45, 7) is 18.6. The van der Waals surface area contributed by atoms with Gasteiger partial charge in [0, 0.05) is 37.1 Å². The minimum absolute atomic E-state index is 0.265. The molecule has 3 amide bonds. The first kappa shape index (κ1) is 43.8. The molecule has 45 heavy (non-hydrogen) atoms. The number of likely N-dealkylation sites (N-methyl/N-ethyl adjacent to an activating group) is 1. The first-order valence-electron chi connectivity index (χ1n) is 14.8. The number of amides is 3. The SMILES string of the molecule is C=C(C/C=C(Br)\C=C(\C)C/C(C)=C(\C)Br)C(=O)N(CCc1ccccc1)C(C)=O.C=O.CC.CN(C=O)CCc1ccccc1. The van der Waals surface area contributed by atoms with Gasteiger partial charge in [0.2, 0.25) is 12.3 Å². The van der Waals surface area contributed by atoms with Gasteiger partial charge in [0.05, 0.1) is 0 Å². The van der Waals surface area contributed by atoms with Gasteiger partial charge in [0.25, 0.3) is 5.91 Å². The van der Waals surface area contributed by atoms with Gasteiger partial charge in [-0.1, -0.05) is 130 Å². The fourth-order valence-electron chi connectivity index (χ4n) is 3.67. The van der Waals surface area contributed by atoms with Gasteiger partial charge < -0.3 is 9.69 Å². The molecule has 0 aliphatic heterocycles. The maximum atomic E-state index is 12.7. The van der Waals surface area contributed by atoms with Crippen LogP contribution in [0.15, 0.2) is 105 Å². The lowest BCUT2D eigenvalue weighted by molar-refractivity contribution is -0.141. The van der Waals surface area contributed by atoms with Gasteiger partial charge in [-0.15, -0.1) is 0 Å². The van der Waals surface area contributed by atoms with Gasteiger partial charge in [-0.3, -0.25) is 19.3 Å². The number of allylic oxidation sites excluding steroid dienone is 6. The minimum atomic E-state index is -0.320. The number of carbonyl (C=O) groups is 4. The Hall–Kier alpha value is -3.36. The van der Waals surface area contributed by atoms with Crippen LogP contribution >= 0.6 is 31.9 Å². The van der Waals surface area contributed by atoms with Crippen molar-refractivity contribution in [1.29, 1.82) is 0 Å². The molecule has 0 aromatic heterocycles. The van der Waals surface area contributed by atoms with E-state index in [4.69, 9.17) is 4.79 Å². The lowest BCUT2D eigenvalue weighted by atomic mass is 10.1. The molecule has 0 saturated heterocycles. The van der Waals surface area contributed by atoms with Crippen molar-refractivity contribution >= 4 is 56.9 Å². The second-order valence-corrected chi connectivity index (χ2v) is 12.0. The normalized spacial score (nSPS) is 11.1. The van der Waals surface area contributed by atoms with E-state index in [0.29, 0.717) is 25.0 Å². The number of carbonyl (C=O) groups excluding carboxylic acids is 4. The summed E-state index contributed by atoms with van der Waals surface area (Å²) in [4.78, 5) is 45.8. The van der Waals surface area contributed by atoms with Crippen molar-refractivity contribution in [3.05, 3.63) is 116 Å². The number of rotatable bonds is 13. The van der Waals surface area contributed by atoms with Crippen LogP contribution in [0.1, 0.15) is 65.5 Å². The van der Waals surface area contributed by atoms with Crippen LogP contribution in [-0.2, 0) is 32.0 Å². The molecule has 0 fully saturated rings. The molecule has 0 radical (unpaired) electrons. The van der Waals surface area contributed by atoms with Crippen LogP contribution in [0.4, 0.5) is 0 Å². The molecule has 2 aromatic rings. The lowest BCUT2D eigenvalue weighted by Gasteiger charge is -2.20. The highest BCUT2D eigenvalue weighted by molar-refractivity contribution is 9.12. The molecule has 0 atom stereocenters. The third-order valence-electron chi connectivity index (χ3n) is 6.23. The molecule has 2 rings (SSSR count). The summed E-state index contributed by atoms with van der Waals surface area (Å²) in [5, 5.41) is 0. The topological polar surface area (TPSA) is 74.8 Å². The predicted octanol–water partition coefficient (Wildman–Crippen LogP) is 9.01. The van der Waals surface area contributed by atoms with E-state index >= 15 is 0 Å². The van der Waals surface area contributed by atoms with Crippen LogP contribution in [0.5, 0.6) is 0 Å². The smallest absolute Gasteiger partial charge is 0.256 e. The van der Waals surface area contributed by atoms with E-state index in [0.717, 1.165) is 40.3 Å². The number of halogens is 2. The summed E-state index contributed by atoms with van der Waals surface area (Å²) in [6.07, 6.45) is 7.59. The average Bonchev–Trinajstić information content (AvgIpc) is 3.05. The highest BCUT2D eigenvalue weighted by Gasteiger charge is 2.19. The summed E-state index contributed by atoms with van der Waals surface area (Å²) in [7, 11) is 1.79. The predicted molar refractivity (Wildman–Crippen MR) is 196 cm³/mol. The van der Waals surface area contributed by atoms with Crippen LogP contribution in [0.2, 0.25) is 0 Å². The Bertz CT molecular complexity index is 1250. The molecule has 0 N–H and O–H groups in total. The van der Waals surface area contributed by atoms with Gasteiger partial charge in [-0.05, 0) is 68.1 Å². The van der Waals surface area contributed by atoms with Crippen molar-refractivity contribution in [2.75, 3.05) is 20.1 Å². The minimum Gasteiger partial charge on any atom is -0.348 e. The molecule has 0 heterocycles. The zero-order chi connectivity index (χ0) is 34.8. The molecule has 0 bridgehead atoms. The number of hydrogen-bond acceptors (Lipinski definition) is 4. The fourth-order valence-corrected chi connectivity index (χ4v) is 4.37. The van der Waals surface area contributed by atoms with Crippen LogP contribution in [0.25, 0.3) is 0 Å². The van der Waals surface area contributed by atoms with E-state index in [-0.39, 0.29) is 11.8 Å². The first-order valence-corrected chi connectivity index (χ1v) is 16.4. The first-order chi connectivity index (χ1) is 21.4. The summed E-state index contributed by atoms with van der Waals surface area (Å²) in [6, 6.07) is 20.0. The molecular weight excluding hydrogens is 696 g/mol. The zero-order valence-corrected chi connectivity index (χ0v) is 31.1. The van der Waals surface area contributed by atoms with Crippen molar-refractivity contribution in [2.24, 2.45) is 0 Å². The molecule has 8 heteroatoms. The lowest BCUT2D eigenvalue weighted by Crippen LogP contribution is -2.37. The maximum Gasteiger partial charge on any atom is 0.256 e. The van der Waals surface area contributed by atoms with Crippen molar-refractivity contribution in [1.82, 2.24) is 9.80 Å². The number of benzene rings is 2. The zero-order valence-electron chi connectivity index (χ0n) is 27.9. The second-order valence-electron chi connectivity index (χ2n) is 9.91. The van der Waals surface area contributed by atoms with E-state index < -0.39 is 0 Å². The number of nitrogens with zero attached hydrogens (tertiary/aromatic N) is 2. The molecule has 246 valence electrons. The van der Waals surface area contributed by atoms with Gasteiger partial charge in [0.15, 0.2) is 0 Å². The van der Waals surface area contributed by atoms with Crippen LogP contribution < -0.4 is 0 Å². The molecule has 0 saturated carbocycles. The Kier molecular flexibility index (Phi) is 26.3. The molecule has 6 nitrogen and oxygen atoms in total. The van der Waals surface area contributed by atoms with E-state index in [9.17, 15) is 14.4 Å². The van der Waals surface area contributed by atoms with E-state index in [1.807, 2.05) is 88.2 Å². The van der Waals surface area contributed by atoms with E-state index in [1.165, 1.54) is 28.5 Å². The molecule has 0 aliphatic carbocycles. The molecule has 0 unspecified atom stereocenters. The molecule has 2 aromatic carbocycles. The third-order valence-corrected chi connectivity index (χ3v) is 7.46. The average molecular weight is 747 g/mol. The van der Waals surface area contributed by atoms with Crippen molar-refractivity contribution < 1.29 is 19.2 Å². The van der Waals surface area contributed by atoms with Gasteiger partial charge in [-0.2, -0.15) is 0 Å². The van der Waals surface area contributed by atoms with Crippen molar-refractivity contribution in [2.45, 2.75) is 67.2 Å². The van der Waals surface area contributed by atoms with Gasteiger partial charge in [-0.25, -0.2) is 0 Å². The number of imide groups is 1. The van der Waals surface area contributed by atoms with Crippen molar-refractivity contribution in [3.8, 4) is 0 Å². The number of hydrogen-bond donors (Lipinski definition) is 0. The molecule has 0 aliphatic rings. The van der Waals surface area contributed by atoms with E-state index in [1.54, 1.807) is 11.9 Å². The quantitative estimate of drug-likeness (QED) is 0.117. The summed E-state index contributed by atoms with van der Waals surface area (Å²) in [5.74, 6) is -0.586. The fraction of sp³-hybridized carbons (Fsp3) is 0.351. The van der Waals surface area contributed by atoms with Crippen LogP contribution in [0.3, 0.4) is 0 Å². The van der Waals surface area contributed by atoms with Crippen molar-refractivity contribution in [3.63, 3.8) is 0 Å². The largest absolute Gasteiger partial charge is 0.348 e. The molecule has 0 spiro atoms. The highest BCUT2D eigenvalue weighted by Crippen LogP contribution is 2.21. The Balaban J connectivity index is 0. The Morgan fingerprint density at radius 3 is 1.71 bits per heavy atom. The van der Waals surface area contributed by atoms with Gasteiger partial charge in [0.1, 0.15) is 6.79 Å². The highest BCUT2D eigenvalue weighted by atomic mass is 79.9. The summed E-state index contributed by atoms with van der Waals surface area (Å²) < 4.78 is 2.03. The van der Waals surface area contributed by atoms with Gasteiger partial charge >= 0.3 is 0 Å².